The highest BCUT2D eigenvalue weighted by molar-refractivity contribution is 5.30. The van der Waals surface area contributed by atoms with Gasteiger partial charge in [0.25, 0.3) is 0 Å². The van der Waals surface area contributed by atoms with E-state index in [1.807, 2.05) is 31.2 Å². The van der Waals surface area contributed by atoms with Gasteiger partial charge in [0.05, 0.1) is 19.8 Å². The van der Waals surface area contributed by atoms with E-state index in [2.05, 4.69) is 5.32 Å². The largest absolute Gasteiger partial charge is 0.497 e. The zero-order valence-electron chi connectivity index (χ0n) is 13.6. The summed E-state index contributed by atoms with van der Waals surface area (Å²) >= 11 is 0. The molecule has 2 unspecified atom stereocenters. The normalized spacial score (nSPS) is 13.4. The molecule has 0 aliphatic carbocycles. The van der Waals surface area contributed by atoms with Crippen LogP contribution in [0.15, 0.2) is 42.5 Å². The number of halogens is 2. The third kappa shape index (κ3) is 4.91. The summed E-state index contributed by atoms with van der Waals surface area (Å²) in [5, 5.41) is 12.8. The lowest BCUT2D eigenvalue weighted by Gasteiger charge is -2.22. The molecule has 4 nitrogen and oxygen atoms in total. The lowest BCUT2D eigenvalue weighted by molar-refractivity contribution is 0.208. The van der Waals surface area contributed by atoms with Gasteiger partial charge in [-0.25, -0.2) is 8.78 Å². The average Bonchev–Trinajstić information content (AvgIpc) is 2.60. The Morgan fingerprint density at radius 1 is 1.08 bits per heavy atom. The van der Waals surface area contributed by atoms with Crippen molar-refractivity contribution in [3.63, 3.8) is 0 Å². The number of hydrogen-bond acceptors (Lipinski definition) is 4. The minimum Gasteiger partial charge on any atom is -0.497 e. The van der Waals surface area contributed by atoms with Gasteiger partial charge >= 0.3 is 0 Å². The molecule has 0 heterocycles. The van der Waals surface area contributed by atoms with E-state index in [9.17, 15) is 13.9 Å². The highest BCUT2D eigenvalue weighted by atomic mass is 19.2. The van der Waals surface area contributed by atoms with Crippen molar-refractivity contribution < 1.29 is 23.4 Å². The highest BCUT2D eigenvalue weighted by Gasteiger charge is 2.15. The van der Waals surface area contributed by atoms with Crippen molar-refractivity contribution in [3.05, 3.63) is 59.7 Å². The maximum absolute atomic E-state index is 13.1. The van der Waals surface area contributed by atoms with Crippen LogP contribution in [-0.4, -0.2) is 31.5 Å². The fraction of sp³-hybridized carbons (Fsp3) is 0.333. The molecule has 0 saturated heterocycles. The van der Waals surface area contributed by atoms with Crippen molar-refractivity contribution >= 4 is 0 Å². The highest BCUT2D eigenvalue weighted by Crippen LogP contribution is 2.20. The predicted molar refractivity (Wildman–Crippen MR) is 87.3 cm³/mol. The van der Waals surface area contributed by atoms with Gasteiger partial charge in [-0.3, -0.25) is 0 Å². The molecule has 0 aliphatic heterocycles. The Morgan fingerprint density at radius 2 is 1.88 bits per heavy atom. The van der Waals surface area contributed by atoms with Gasteiger partial charge in [0.2, 0.25) is 0 Å². The summed E-state index contributed by atoms with van der Waals surface area (Å²) in [5.41, 5.74) is 0.886. The maximum Gasteiger partial charge on any atom is 0.162 e. The standard InChI is InChI=1S/C18H21F2NO3/c1-12(11-24-15-6-7-16(19)17(20)9-15)21-18(10-22)13-4-3-5-14(8-13)23-2/h3-9,12,18,21-22H,10-11H2,1-2H3. The van der Waals surface area contributed by atoms with Crippen LogP contribution in [0, 0.1) is 11.6 Å². The number of rotatable bonds is 8. The smallest absolute Gasteiger partial charge is 0.162 e. The number of aliphatic hydroxyl groups excluding tert-OH is 1. The van der Waals surface area contributed by atoms with Crippen molar-refractivity contribution in [3.8, 4) is 11.5 Å². The first-order valence-corrected chi connectivity index (χ1v) is 7.62. The summed E-state index contributed by atoms with van der Waals surface area (Å²) in [6, 6.07) is 10.4. The summed E-state index contributed by atoms with van der Waals surface area (Å²) in [7, 11) is 1.58. The van der Waals surface area contributed by atoms with Gasteiger partial charge in [-0.1, -0.05) is 12.1 Å². The Morgan fingerprint density at radius 3 is 2.54 bits per heavy atom. The second kappa shape index (κ2) is 8.61. The average molecular weight is 337 g/mol. The Hall–Kier alpha value is -2.18. The summed E-state index contributed by atoms with van der Waals surface area (Å²) in [6.07, 6.45) is 0. The van der Waals surface area contributed by atoms with E-state index >= 15 is 0 Å². The van der Waals surface area contributed by atoms with Crippen molar-refractivity contribution in [2.24, 2.45) is 0 Å². The molecule has 2 atom stereocenters. The summed E-state index contributed by atoms with van der Waals surface area (Å²) in [6.45, 7) is 2.02. The molecule has 2 N–H and O–H groups in total. The molecule has 24 heavy (non-hydrogen) atoms. The van der Waals surface area contributed by atoms with Gasteiger partial charge in [-0.15, -0.1) is 0 Å². The number of methoxy groups -OCH3 is 1. The number of aliphatic hydroxyl groups is 1. The van der Waals surface area contributed by atoms with E-state index < -0.39 is 11.6 Å². The molecule has 6 heteroatoms. The van der Waals surface area contributed by atoms with Gasteiger partial charge in [-0.2, -0.15) is 0 Å². The number of hydrogen-bond donors (Lipinski definition) is 2. The third-order valence-electron chi connectivity index (χ3n) is 3.56. The molecule has 0 fully saturated rings. The van der Waals surface area contributed by atoms with Crippen LogP contribution >= 0.6 is 0 Å². The van der Waals surface area contributed by atoms with Gasteiger partial charge in [0.1, 0.15) is 18.1 Å². The molecule has 0 aliphatic rings. The number of benzene rings is 2. The lowest BCUT2D eigenvalue weighted by Crippen LogP contribution is -2.36. The fourth-order valence-electron chi connectivity index (χ4n) is 2.29. The van der Waals surface area contributed by atoms with Crippen molar-refractivity contribution in [2.45, 2.75) is 19.0 Å². The van der Waals surface area contributed by atoms with Gasteiger partial charge in [0, 0.05) is 12.1 Å². The molecule has 2 rings (SSSR count). The number of nitrogens with one attached hydrogen (secondary N) is 1. The third-order valence-corrected chi connectivity index (χ3v) is 3.56. The summed E-state index contributed by atoms with van der Waals surface area (Å²) < 4.78 is 36.7. The zero-order chi connectivity index (χ0) is 17.5. The van der Waals surface area contributed by atoms with Gasteiger partial charge < -0.3 is 19.9 Å². The van der Waals surface area contributed by atoms with E-state index in [1.165, 1.54) is 6.07 Å². The SMILES string of the molecule is COc1cccc(C(CO)NC(C)COc2ccc(F)c(F)c2)c1. The maximum atomic E-state index is 13.1. The minimum atomic E-state index is -0.947. The first-order chi connectivity index (χ1) is 11.5. The minimum absolute atomic E-state index is 0.0946. The molecule has 0 saturated carbocycles. The molecule has 2 aromatic rings. The van der Waals surface area contributed by atoms with Crippen molar-refractivity contribution in [1.29, 1.82) is 0 Å². The molecule has 0 bridgehead atoms. The summed E-state index contributed by atoms with van der Waals surface area (Å²) in [5.74, 6) is -0.896. The van der Waals surface area contributed by atoms with E-state index in [0.29, 0.717) is 5.75 Å². The fourth-order valence-corrected chi connectivity index (χ4v) is 2.29. The molecular formula is C18H21F2NO3. The Labute approximate surface area is 140 Å². The molecule has 0 spiro atoms. The van der Waals surface area contributed by atoms with Crippen LogP contribution in [0.1, 0.15) is 18.5 Å². The second-order valence-corrected chi connectivity index (χ2v) is 5.47. The van der Waals surface area contributed by atoms with Crippen LogP contribution in [0.3, 0.4) is 0 Å². The number of ether oxygens (including phenoxy) is 2. The van der Waals surface area contributed by atoms with Crippen LogP contribution < -0.4 is 14.8 Å². The summed E-state index contributed by atoms with van der Waals surface area (Å²) in [4.78, 5) is 0. The van der Waals surface area contributed by atoms with Crippen LogP contribution in [0.25, 0.3) is 0 Å². The van der Waals surface area contributed by atoms with Crippen LogP contribution in [0.4, 0.5) is 8.78 Å². The molecule has 0 aromatic heterocycles. The van der Waals surface area contributed by atoms with Crippen LogP contribution in [0.2, 0.25) is 0 Å². The van der Waals surface area contributed by atoms with E-state index in [-0.39, 0.29) is 31.0 Å². The van der Waals surface area contributed by atoms with E-state index in [0.717, 1.165) is 17.7 Å². The molecule has 130 valence electrons. The van der Waals surface area contributed by atoms with Gasteiger partial charge in [-0.05, 0) is 36.8 Å². The second-order valence-electron chi connectivity index (χ2n) is 5.47. The van der Waals surface area contributed by atoms with Crippen LogP contribution in [-0.2, 0) is 0 Å². The monoisotopic (exact) mass is 337 g/mol. The first kappa shape index (κ1) is 18.2. The molecule has 0 amide bonds. The zero-order valence-corrected chi connectivity index (χ0v) is 13.6. The predicted octanol–water partition coefficient (Wildman–Crippen LogP) is 3.06. The Kier molecular flexibility index (Phi) is 6.52. The molecule has 2 aromatic carbocycles. The quantitative estimate of drug-likeness (QED) is 0.777. The Balaban J connectivity index is 1.93. The van der Waals surface area contributed by atoms with Crippen molar-refractivity contribution in [1.82, 2.24) is 5.32 Å². The molecule has 0 radical (unpaired) electrons. The first-order valence-electron chi connectivity index (χ1n) is 7.62. The van der Waals surface area contributed by atoms with Gasteiger partial charge in [0.15, 0.2) is 11.6 Å². The molecular weight excluding hydrogens is 316 g/mol. The lowest BCUT2D eigenvalue weighted by atomic mass is 10.1. The van der Waals surface area contributed by atoms with E-state index in [4.69, 9.17) is 9.47 Å². The van der Waals surface area contributed by atoms with E-state index in [1.54, 1.807) is 7.11 Å². The van der Waals surface area contributed by atoms with Crippen molar-refractivity contribution in [2.75, 3.05) is 20.3 Å². The van der Waals surface area contributed by atoms with Crippen LogP contribution in [0.5, 0.6) is 11.5 Å². The topological polar surface area (TPSA) is 50.7 Å². The Bertz CT molecular complexity index is 666.